The van der Waals surface area contributed by atoms with Crippen LogP contribution >= 0.6 is 0 Å². The van der Waals surface area contributed by atoms with Crippen molar-refractivity contribution in [2.75, 3.05) is 13.2 Å². The lowest BCUT2D eigenvalue weighted by Gasteiger charge is -2.29. The highest BCUT2D eigenvalue weighted by Gasteiger charge is 2.21. The van der Waals surface area contributed by atoms with Gasteiger partial charge in [-0.25, -0.2) is 0 Å². The maximum absolute atomic E-state index is 5.47. The van der Waals surface area contributed by atoms with Gasteiger partial charge < -0.3 is 10.1 Å². The van der Waals surface area contributed by atoms with Crippen LogP contribution in [-0.4, -0.2) is 29.0 Å². The fourth-order valence-electron chi connectivity index (χ4n) is 2.52. The van der Waals surface area contributed by atoms with Gasteiger partial charge in [-0.3, -0.25) is 4.68 Å². The van der Waals surface area contributed by atoms with E-state index in [2.05, 4.69) is 41.9 Å². The van der Waals surface area contributed by atoms with Crippen LogP contribution in [0, 0.1) is 5.92 Å². The summed E-state index contributed by atoms with van der Waals surface area (Å²) in [6.07, 6.45) is 2.12. The molecule has 102 valence electrons. The van der Waals surface area contributed by atoms with E-state index in [0.29, 0.717) is 12.0 Å². The van der Waals surface area contributed by atoms with Crippen LogP contribution in [0.1, 0.15) is 38.6 Å². The third-order valence-corrected chi connectivity index (χ3v) is 3.76. The van der Waals surface area contributed by atoms with Gasteiger partial charge in [0.25, 0.3) is 0 Å². The zero-order chi connectivity index (χ0) is 13.0. The Morgan fingerprint density at radius 2 is 2.33 bits per heavy atom. The highest BCUT2D eigenvalue weighted by molar-refractivity contribution is 5.10. The molecule has 0 spiro atoms. The van der Waals surface area contributed by atoms with Gasteiger partial charge in [0, 0.05) is 25.7 Å². The maximum atomic E-state index is 5.47. The van der Waals surface area contributed by atoms with Gasteiger partial charge in [-0.1, -0.05) is 13.8 Å². The smallest absolute Gasteiger partial charge is 0.0625 e. The van der Waals surface area contributed by atoms with Crippen LogP contribution in [0.25, 0.3) is 0 Å². The number of ether oxygens (including phenoxy) is 1. The average molecular weight is 251 g/mol. The SMILES string of the molecule is CCc1cc(CNC2CCOCC2C)n(CC)n1. The molecule has 18 heavy (non-hydrogen) atoms. The molecule has 1 N–H and O–H groups in total. The molecule has 0 amide bonds. The van der Waals surface area contributed by atoms with Crippen LogP contribution in [0.3, 0.4) is 0 Å². The van der Waals surface area contributed by atoms with E-state index in [1.54, 1.807) is 0 Å². The maximum Gasteiger partial charge on any atom is 0.0625 e. The van der Waals surface area contributed by atoms with E-state index in [1.807, 2.05) is 0 Å². The van der Waals surface area contributed by atoms with E-state index in [-0.39, 0.29) is 0 Å². The molecule has 0 saturated carbocycles. The minimum Gasteiger partial charge on any atom is -0.381 e. The lowest BCUT2D eigenvalue weighted by atomic mass is 9.98. The van der Waals surface area contributed by atoms with Crippen molar-refractivity contribution in [1.29, 1.82) is 0 Å². The number of nitrogens with one attached hydrogen (secondary N) is 1. The molecule has 1 saturated heterocycles. The van der Waals surface area contributed by atoms with E-state index in [1.165, 1.54) is 11.4 Å². The van der Waals surface area contributed by atoms with Crippen LogP contribution < -0.4 is 5.32 Å². The van der Waals surface area contributed by atoms with Crippen molar-refractivity contribution in [2.24, 2.45) is 5.92 Å². The molecule has 2 heterocycles. The second kappa shape index (κ2) is 6.34. The summed E-state index contributed by atoms with van der Waals surface area (Å²) in [6.45, 7) is 10.2. The van der Waals surface area contributed by atoms with Crippen molar-refractivity contribution in [2.45, 2.75) is 52.7 Å². The Balaban J connectivity index is 1.94. The first-order chi connectivity index (χ1) is 8.74. The second-order valence-electron chi connectivity index (χ2n) is 5.12. The third kappa shape index (κ3) is 3.12. The van der Waals surface area contributed by atoms with Gasteiger partial charge in [0.1, 0.15) is 0 Å². The lowest BCUT2D eigenvalue weighted by Crippen LogP contribution is -2.41. The van der Waals surface area contributed by atoms with Gasteiger partial charge in [0.2, 0.25) is 0 Å². The van der Waals surface area contributed by atoms with Crippen LogP contribution in [-0.2, 0) is 24.2 Å². The topological polar surface area (TPSA) is 39.1 Å². The first-order valence-corrected chi connectivity index (χ1v) is 7.11. The molecule has 1 aliphatic rings. The Bertz CT molecular complexity index is 375. The Morgan fingerprint density at radius 1 is 1.50 bits per heavy atom. The minimum absolute atomic E-state index is 0.573. The molecular formula is C14H25N3O. The molecule has 1 aromatic rings. The zero-order valence-corrected chi connectivity index (χ0v) is 11.8. The molecule has 0 aromatic carbocycles. The molecule has 4 heteroatoms. The highest BCUT2D eigenvalue weighted by atomic mass is 16.5. The van der Waals surface area contributed by atoms with E-state index < -0.39 is 0 Å². The fourth-order valence-corrected chi connectivity index (χ4v) is 2.52. The predicted molar refractivity (Wildman–Crippen MR) is 72.5 cm³/mol. The number of aryl methyl sites for hydroxylation is 2. The number of hydrogen-bond acceptors (Lipinski definition) is 3. The van der Waals surface area contributed by atoms with Gasteiger partial charge >= 0.3 is 0 Å². The summed E-state index contributed by atoms with van der Waals surface area (Å²) >= 11 is 0. The Morgan fingerprint density at radius 3 is 3.00 bits per heavy atom. The van der Waals surface area contributed by atoms with Crippen LogP contribution in [0.5, 0.6) is 0 Å². The molecule has 2 unspecified atom stereocenters. The summed E-state index contributed by atoms with van der Waals surface area (Å²) in [7, 11) is 0. The third-order valence-electron chi connectivity index (χ3n) is 3.76. The fraction of sp³-hybridized carbons (Fsp3) is 0.786. The van der Waals surface area contributed by atoms with Gasteiger partial charge in [-0.2, -0.15) is 5.10 Å². The second-order valence-corrected chi connectivity index (χ2v) is 5.12. The molecular weight excluding hydrogens is 226 g/mol. The standard InChI is InChI=1S/C14H25N3O/c1-4-12-8-13(17(5-2)16-12)9-15-14-6-7-18-10-11(14)3/h8,11,14-15H,4-7,9-10H2,1-3H3. The van der Waals surface area contributed by atoms with Crippen molar-refractivity contribution in [3.05, 3.63) is 17.5 Å². The van der Waals surface area contributed by atoms with Crippen molar-refractivity contribution in [3.8, 4) is 0 Å². The number of rotatable bonds is 5. The van der Waals surface area contributed by atoms with Crippen LogP contribution in [0.4, 0.5) is 0 Å². The normalized spacial score (nSPS) is 24.4. The molecule has 0 bridgehead atoms. The molecule has 4 nitrogen and oxygen atoms in total. The monoisotopic (exact) mass is 251 g/mol. The largest absolute Gasteiger partial charge is 0.381 e. The van der Waals surface area contributed by atoms with Gasteiger partial charge in [0.05, 0.1) is 18.0 Å². The Labute approximate surface area is 110 Å². The highest BCUT2D eigenvalue weighted by Crippen LogP contribution is 2.15. The molecule has 1 aliphatic heterocycles. The summed E-state index contributed by atoms with van der Waals surface area (Å²) in [5, 5.41) is 8.24. The molecule has 1 fully saturated rings. The van der Waals surface area contributed by atoms with Crippen molar-refractivity contribution in [3.63, 3.8) is 0 Å². The Hall–Kier alpha value is -0.870. The average Bonchev–Trinajstić information content (AvgIpc) is 2.80. The van der Waals surface area contributed by atoms with E-state index in [4.69, 9.17) is 4.74 Å². The van der Waals surface area contributed by atoms with Crippen LogP contribution in [0.2, 0.25) is 0 Å². The van der Waals surface area contributed by atoms with Gasteiger partial charge in [0.15, 0.2) is 0 Å². The number of aromatic nitrogens is 2. The van der Waals surface area contributed by atoms with E-state index in [0.717, 1.165) is 39.1 Å². The first kappa shape index (κ1) is 13.6. The minimum atomic E-state index is 0.573. The van der Waals surface area contributed by atoms with Crippen molar-refractivity contribution >= 4 is 0 Å². The number of hydrogen-bond donors (Lipinski definition) is 1. The van der Waals surface area contributed by atoms with E-state index in [9.17, 15) is 0 Å². The molecule has 0 aliphatic carbocycles. The van der Waals surface area contributed by atoms with E-state index >= 15 is 0 Å². The quantitative estimate of drug-likeness (QED) is 0.869. The summed E-state index contributed by atoms with van der Waals surface area (Å²) < 4.78 is 7.58. The predicted octanol–water partition coefficient (Wildman–Crippen LogP) is 1.98. The summed E-state index contributed by atoms with van der Waals surface area (Å²) in [4.78, 5) is 0. The summed E-state index contributed by atoms with van der Waals surface area (Å²) in [6, 6.07) is 2.80. The molecule has 2 rings (SSSR count). The molecule has 1 aromatic heterocycles. The first-order valence-electron chi connectivity index (χ1n) is 7.11. The molecule has 0 radical (unpaired) electrons. The van der Waals surface area contributed by atoms with Crippen molar-refractivity contribution in [1.82, 2.24) is 15.1 Å². The number of nitrogens with zero attached hydrogens (tertiary/aromatic N) is 2. The molecule has 2 atom stereocenters. The van der Waals surface area contributed by atoms with Crippen LogP contribution in [0.15, 0.2) is 6.07 Å². The van der Waals surface area contributed by atoms with Gasteiger partial charge in [-0.15, -0.1) is 0 Å². The van der Waals surface area contributed by atoms with Gasteiger partial charge in [-0.05, 0) is 31.7 Å². The summed E-state index contributed by atoms with van der Waals surface area (Å²) in [5.74, 6) is 0.599. The lowest BCUT2D eigenvalue weighted by molar-refractivity contribution is 0.0384. The zero-order valence-electron chi connectivity index (χ0n) is 11.8. The Kier molecular flexibility index (Phi) is 4.78. The van der Waals surface area contributed by atoms with Crippen molar-refractivity contribution < 1.29 is 4.74 Å². The summed E-state index contributed by atoms with van der Waals surface area (Å²) in [5.41, 5.74) is 2.49.